The van der Waals surface area contributed by atoms with Crippen LogP contribution < -0.4 is 0 Å². The molecule has 0 saturated heterocycles. The van der Waals surface area contributed by atoms with E-state index in [4.69, 9.17) is 11.6 Å². The van der Waals surface area contributed by atoms with Crippen LogP contribution >= 0.6 is 11.6 Å². The van der Waals surface area contributed by atoms with Gasteiger partial charge in [0.15, 0.2) is 0 Å². The van der Waals surface area contributed by atoms with Gasteiger partial charge in [0.05, 0.1) is 11.0 Å². The lowest BCUT2D eigenvalue weighted by atomic mass is 10.1. The Morgan fingerprint density at radius 2 is 1.77 bits per heavy atom. The molecule has 2 aromatic rings. The highest BCUT2D eigenvalue weighted by molar-refractivity contribution is 6.30. The molecule has 2 aromatic carbocycles. The zero-order valence-electron chi connectivity index (χ0n) is 12.2. The SMILES string of the molecule is CC(c1ccc(Cl)cc1)N(C)C(=O)c1ccccc1[N+](=O)[O-]. The van der Waals surface area contributed by atoms with Crippen molar-refractivity contribution in [3.8, 4) is 0 Å². The van der Waals surface area contributed by atoms with E-state index >= 15 is 0 Å². The molecule has 0 heterocycles. The highest BCUT2D eigenvalue weighted by atomic mass is 35.5. The van der Waals surface area contributed by atoms with E-state index < -0.39 is 10.8 Å². The predicted octanol–water partition coefficient (Wildman–Crippen LogP) is 4.08. The van der Waals surface area contributed by atoms with Crippen LogP contribution in [0.2, 0.25) is 5.02 Å². The van der Waals surface area contributed by atoms with Crippen molar-refractivity contribution < 1.29 is 9.72 Å². The third-order valence-corrected chi connectivity index (χ3v) is 3.84. The summed E-state index contributed by atoms with van der Waals surface area (Å²) in [6.07, 6.45) is 0. The number of nitro groups is 1. The fourth-order valence-corrected chi connectivity index (χ4v) is 2.27. The van der Waals surface area contributed by atoms with E-state index in [0.717, 1.165) is 5.56 Å². The second kappa shape index (κ2) is 6.58. The molecule has 0 N–H and O–H groups in total. The molecule has 5 nitrogen and oxygen atoms in total. The molecule has 0 aliphatic rings. The average Bonchev–Trinajstić information content (AvgIpc) is 2.53. The number of nitro benzene ring substituents is 1. The number of para-hydroxylation sites is 1. The van der Waals surface area contributed by atoms with Crippen molar-refractivity contribution in [1.82, 2.24) is 4.90 Å². The first kappa shape index (κ1) is 16.0. The summed E-state index contributed by atoms with van der Waals surface area (Å²) >= 11 is 5.85. The molecule has 1 atom stereocenters. The number of hydrogen-bond donors (Lipinski definition) is 0. The Hall–Kier alpha value is -2.40. The zero-order chi connectivity index (χ0) is 16.3. The quantitative estimate of drug-likeness (QED) is 0.630. The summed E-state index contributed by atoms with van der Waals surface area (Å²) in [7, 11) is 1.62. The fourth-order valence-electron chi connectivity index (χ4n) is 2.14. The van der Waals surface area contributed by atoms with Crippen LogP contribution in [0.15, 0.2) is 48.5 Å². The zero-order valence-corrected chi connectivity index (χ0v) is 12.9. The number of benzene rings is 2. The summed E-state index contributed by atoms with van der Waals surface area (Å²) in [5.74, 6) is -0.394. The first-order valence-electron chi connectivity index (χ1n) is 6.68. The number of nitrogens with zero attached hydrogens (tertiary/aromatic N) is 2. The Bertz CT molecular complexity index is 701. The molecule has 0 spiro atoms. The number of halogens is 1. The molecule has 6 heteroatoms. The predicted molar refractivity (Wildman–Crippen MR) is 85.1 cm³/mol. The molecule has 114 valence electrons. The first-order valence-corrected chi connectivity index (χ1v) is 7.05. The minimum atomic E-state index is -0.548. The van der Waals surface area contributed by atoms with Crippen LogP contribution in [0, 0.1) is 10.1 Å². The van der Waals surface area contributed by atoms with Crippen LogP contribution in [-0.2, 0) is 0 Å². The molecule has 0 aromatic heterocycles. The molecule has 0 aliphatic carbocycles. The van der Waals surface area contributed by atoms with Gasteiger partial charge in [0.1, 0.15) is 5.56 Å². The van der Waals surface area contributed by atoms with Gasteiger partial charge in [-0.05, 0) is 30.7 Å². The lowest BCUT2D eigenvalue weighted by molar-refractivity contribution is -0.385. The van der Waals surface area contributed by atoms with Crippen LogP contribution in [0.3, 0.4) is 0 Å². The highest BCUT2D eigenvalue weighted by Crippen LogP contribution is 2.25. The molecular formula is C16H15ClN2O3. The molecule has 0 fully saturated rings. The van der Waals surface area contributed by atoms with Crippen LogP contribution in [0.4, 0.5) is 5.69 Å². The van der Waals surface area contributed by atoms with Gasteiger partial charge in [-0.1, -0.05) is 35.9 Å². The van der Waals surface area contributed by atoms with E-state index in [9.17, 15) is 14.9 Å². The molecule has 0 saturated carbocycles. The molecule has 0 bridgehead atoms. The fraction of sp³-hybridized carbons (Fsp3) is 0.188. The van der Waals surface area contributed by atoms with E-state index in [0.29, 0.717) is 5.02 Å². The largest absolute Gasteiger partial charge is 0.335 e. The van der Waals surface area contributed by atoms with Crippen LogP contribution in [-0.4, -0.2) is 22.8 Å². The third-order valence-electron chi connectivity index (χ3n) is 3.58. The van der Waals surface area contributed by atoms with E-state index in [1.807, 2.05) is 19.1 Å². The molecule has 2 rings (SSSR count). The second-order valence-corrected chi connectivity index (χ2v) is 5.35. The number of carbonyl (C=O) groups is 1. The van der Waals surface area contributed by atoms with E-state index in [1.165, 1.54) is 23.1 Å². The van der Waals surface area contributed by atoms with Crippen molar-refractivity contribution in [2.75, 3.05) is 7.05 Å². The number of hydrogen-bond acceptors (Lipinski definition) is 3. The number of amides is 1. The summed E-state index contributed by atoms with van der Waals surface area (Å²) in [4.78, 5) is 24.5. The van der Waals surface area contributed by atoms with Gasteiger partial charge >= 0.3 is 0 Å². The van der Waals surface area contributed by atoms with E-state index in [-0.39, 0.29) is 17.3 Å². The van der Waals surface area contributed by atoms with Gasteiger partial charge < -0.3 is 4.90 Å². The lowest BCUT2D eigenvalue weighted by Gasteiger charge is -2.25. The van der Waals surface area contributed by atoms with E-state index in [1.54, 1.807) is 25.2 Å². The Morgan fingerprint density at radius 3 is 2.36 bits per heavy atom. The average molecular weight is 319 g/mol. The molecular weight excluding hydrogens is 304 g/mol. The summed E-state index contributed by atoms with van der Waals surface area (Å²) in [5.41, 5.74) is 0.789. The van der Waals surface area contributed by atoms with Crippen molar-refractivity contribution in [2.45, 2.75) is 13.0 Å². The summed E-state index contributed by atoms with van der Waals surface area (Å²) in [5, 5.41) is 11.7. The van der Waals surface area contributed by atoms with Gasteiger partial charge in [0, 0.05) is 18.1 Å². The topological polar surface area (TPSA) is 63.5 Å². The summed E-state index contributed by atoms with van der Waals surface area (Å²) < 4.78 is 0. The maximum atomic E-state index is 12.5. The Morgan fingerprint density at radius 1 is 1.18 bits per heavy atom. The summed E-state index contributed by atoms with van der Waals surface area (Å²) in [6, 6.07) is 12.9. The highest BCUT2D eigenvalue weighted by Gasteiger charge is 2.25. The minimum absolute atomic E-state index is 0.0795. The van der Waals surface area contributed by atoms with Gasteiger partial charge in [0.2, 0.25) is 0 Å². The smallest absolute Gasteiger partial charge is 0.282 e. The summed E-state index contributed by atoms with van der Waals surface area (Å²) in [6.45, 7) is 1.86. The standard InChI is InChI=1S/C16H15ClN2O3/c1-11(12-7-9-13(17)10-8-12)18(2)16(20)14-5-3-4-6-15(14)19(21)22/h3-11H,1-2H3. The van der Waals surface area contributed by atoms with Crippen molar-refractivity contribution >= 4 is 23.2 Å². The maximum Gasteiger partial charge on any atom is 0.282 e. The van der Waals surface area contributed by atoms with Gasteiger partial charge in [-0.2, -0.15) is 0 Å². The Labute approximate surface area is 133 Å². The van der Waals surface area contributed by atoms with Gasteiger partial charge in [-0.3, -0.25) is 14.9 Å². The normalized spacial score (nSPS) is 11.8. The molecule has 0 radical (unpaired) electrons. The number of carbonyl (C=O) groups excluding carboxylic acids is 1. The van der Waals surface area contributed by atoms with Crippen molar-refractivity contribution in [3.05, 3.63) is 74.8 Å². The van der Waals surface area contributed by atoms with Crippen molar-refractivity contribution in [3.63, 3.8) is 0 Å². The van der Waals surface area contributed by atoms with Crippen LogP contribution in [0.5, 0.6) is 0 Å². The minimum Gasteiger partial charge on any atom is -0.335 e. The van der Waals surface area contributed by atoms with Crippen molar-refractivity contribution in [1.29, 1.82) is 0 Å². The molecule has 0 aliphatic heterocycles. The van der Waals surface area contributed by atoms with Gasteiger partial charge in [0.25, 0.3) is 11.6 Å². The number of rotatable bonds is 4. The first-order chi connectivity index (χ1) is 10.4. The van der Waals surface area contributed by atoms with Crippen molar-refractivity contribution in [2.24, 2.45) is 0 Å². The molecule has 22 heavy (non-hydrogen) atoms. The third kappa shape index (κ3) is 3.26. The lowest BCUT2D eigenvalue weighted by Crippen LogP contribution is -2.30. The van der Waals surface area contributed by atoms with Gasteiger partial charge in [-0.15, -0.1) is 0 Å². The Balaban J connectivity index is 2.29. The van der Waals surface area contributed by atoms with Crippen LogP contribution in [0.1, 0.15) is 28.9 Å². The molecule has 1 unspecified atom stereocenters. The monoisotopic (exact) mass is 318 g/mol. The van der Waals surface area contributed by atoms with Crippen LogP contribution in [0.25, 0.3) is 0 Å². The second-order valence-electron chi connectivity index (χ2n) is 4.92. The molecule has 1 amide bonds. The van der Waals surface area contributed by atoms with E-state index in [2.05, 4.69) is 0 Å². The Kier molecular flexibility index (Phi) is 4.78. The van der Waals surface area contributed by atoms with Gasteiger partial charge in [-0.25, -0.2) is 0 Å². The maximum absolute atomic E-state index is 12.5.